The summed E-state index contributed by atoms with van der Waals surface area (Å²) in [7, 11) is 0. The Hall–Kier alpha value is -1.59. The van der Waals surface area contributed by atoms with Crippen molar-refractivity contribution in [3.05, 3.63) is 63.4 Å². The molecule has 0 unspecified atom stereocenters. The fourth-order valence-electron chi connectivity index (χ4n) is 1.41. The van der Waals surface area contributed by atoms with E-state index in [1.54, 1.807) is 36.5 Å². The highest BCUT2D eigenvalue weighted by Gasteiger charge is 2.12. The maximum absolute atomic E-state index is 10.8. The summed E-state index contributed by atoms with van der Waals surface area (Å²) in [5, 5.41) is 11.5. The third-order valence-electron chi connectivity index (χ3n) is 2.22. The van der Waals surface area contributed by atoms with E-state index in [0.717, 1.165) is 5.69 Å². The third kappa shape index (κ3) is 3.21. The van der Waals surface area contributed by atoms with Gasteiger partial charge in [-0.15, -0.1) is 11.8 Å². The second-order valence-corrected chi connectivity index (χ2v) is 4.93. The number of benzene rings is 1. The van der Waals surface area contributed by atoms with Crippen molar-refractivity contribution in [2.45, 2.75) is 10.6 Å². The number of aromatic nitrogens is 1. The fraction of sp³-hybridized carbons (Fsp3) is 0.0833. The zero-order valence-corrected chi connectivity index (χ0v) is 10.8. The zero-order valence-electron chi connectivity index (χ0n) is 9.25. The molecule has 2 aromatic rings. The molecule has 1 aromatic carbocycles. The lowest BCUT2D eigenvalue weighted by atomic mass is 10.3. The Morgan fingerprint density at radius 3 is 2.83 bits per heavy atom. The molecule has 0 saturated heterocycles. The molecule has 92 valence electrons. The number of nitrogens with zero attached hydrogens (tertiary/aromatic N) is 2. The first kappa shape index (κ1) is 12.9. The normalized spacial score (nSPS) is 10.3. The Morgan fingerprint density at radius 2 is 2.11 bits per heavy atom. The maximum Gasteiger partial charge on any atom is 0.282 e. The van der Waals surface area contributed by atoms with E-state index in [4.69, 9.17) is 11.6 Å². The van der Waals surface area contributed by atoms with Gasteiger partial charge in [0.05, 0.1) is 15.5 Å². The molecule has 0 atom stereocenters. The van der Waals surface area contributed by atoms with Crippen LogP contribution in [0.2, 0.25) is 5.02 Å². The number of hydrogen-bond acceptors (Lipinski definition) is 4. The Kier molecular flexibility index (Phi) is 4.17. The van der Waals surface area contributed by atoms with Crippen molar-refractivity contribution in [2.75, 3.05) is 0 Å². The van der Waals surface area contributed by atoms with Gasteiger partial charge in [0.1, 0.15) is 0 Å². The molecule has 0 fully saturated rings. The van der Waals surface area contributed by atoms with Crippen molar-refractivity contribution in [2.24, 2.45) is 0 Å². The van der Waals surface area contributed by atoms with Gasteiger partial charge in [0, 0.05) is 23.0 Å². The highest BCUT2D eigenvalue weighted by molar-refractivity contribution is 7.98. The minimum Gasteiger partial charge on any atom is -0.260 e. The van der Waals surface area contributed by atoms with E-state index in [-0.39, 0.29) is 10.6 Å². The van der Waals surface area contributed by atoms with Crippen LogP contribution in [0.1, 0.15) is 5.69 Å². The number of halogens is 1. The van der Waals surface area contributed by atoms with Gasteiger partial charge in [0.15, 0.2) is 0 Å². The van der Waals surface area contributed by atoms with Gasteiger partial charge in [-0.25, -0.2) is 0 Å². The molecule has 1 heterocycles. The van der Waals surface area contributed by atoms with E-state index in [1.807, 2.05) is 0 Å². The Balaban J connectivity index is 2.13. The van der Waals surface area contributed by atoms with Crippen LogP contribution in [-0.2, 0) is 5.75 Å². The van der Waals surface area contributed by atoms with E-state index >= 15 is 0 Å². The van der Waals surface area contributed by atoms with Crippen molar-refractivity contribution in [1.29, 1.82) is 0 Å². The molecule has 2 rings (SSSR count). The highest BCUT2D eigenvalue weighted by Crippen LogP contribution is 2.30. The minimum atomic E-state index is -0.381. The largest absolute Gasteiger partial charge is 0.282 e. The second-order valence-electron chi connectivity index (χ2n) is 3.48. The van der Waals surface area contributed by atoms with Crippen LogP contribution in [0.25, 0.3) is 0 Å². The molecule has 0 spiro atoms. The average molecular weight is 281 g/mol. The van der Waals surface area contributed by atoms with Crippen molar-refractivity contribution in [3.63, 3.8) is 0 Å². The number of thioether (sulfide) groups is 1. The number of rotatable bonds is 4. The molecular formula is C12H9ClN2O2S. The van der Waals surface area contributed by atoms with Crippen molar-refractivity contribution >= 4 is 29.1 Å². The van der Waals surface area contributed by atoms with Gasteiger partial charge in [-0.05, 0) is 18.2 Å². The summed E-state index contributed by atoms with van der Waals surface area (Å²) >= 11 is 7.23. The smallest absolute Gasteiger partial charge is 0.260 e. The van der Waals surface area contributed by atoms with E-state index in [1.165, 1.54) is 17.8 Å². The fourth-order valence-corrected chi connectivity index (χ4v) is 2.52. The number of pyridine rings is 1. The lowest BCUT2D eigenvalue weighted by molar-refractivity contribution is -0.387. The first-order valence-corrected chi connectivity index (χ1v) is 6.50. The Morgan fingerprint density at radius 1 is 1.33 bits per heavy atom. The first-order chi connectivity index (χ1) is 8.66. The first-order valence-electron chi connectivity index (χ1n) is 5.13. The summed E-state index contributed by atoms with van der Waals surface area (Å²) in [6.07, 6.45) is 1.62. The topological polar surface area (TPSA) is 56.0 Å². The summed E-state index contributed by atoms with van der Waals surface area (Å²) in [4.78, 5) is 15.2. The van der Waals surface area contributed by atoms with Crippen LogP contribution in [0.15, 0.2) is 47.5 Å². The van der Waals surface area contributed by atoms with Crippen LogP contribution in [0.4, 0.5) is 5.69 Å². The van der Waals surface area contributed by atoms with E-state index in [9.17, 15) is 10.1 Å². The van der Waals surface area contributed by atoms with Gasteiger partial charge in [0.25, 0.3) is 5.69 Å². The van der Waals surface area contributed by atoms with Crippen molar-refractivity contribution < 1.29 is 4.92 Å². The molecule has 0 aliphatic heterocycles. The summed E-state index contributed by atoms with van der Waals surface area (Å²) in [5.74, 6) is 0.547. The molecule has 18 heavy (non-hydrogen) atoms. The van der Waals surface area contributed by atoms with Crippen LogP contribution in [-0.4, -0.2) is 9.91 Å². The summed E-state index contributed by atoms with van der Waals surface area (Å²) in [5.41, 5.74) is 0.912. The highest BCUT2D eigenvalue weighted by atomic mass is 35.5. The van der Waals surface area contributed by atoms with E-state index < -0.39 is 0 Å². The lowest BCUT2D eigenvalue weighted by Crippen LogP contribution is -1.91. The second kappa shape index (κ2) is 5.84. The molecule has 1 aromatic heterocycles. The molecule has 0 amide bonds. The Bertz CT molecular complexity index is 578. The molecule has 6 heteroatoms. The third-order valence-corrected chi connectivity index (χ3v) is 3.55. The van der Waals surface area contributed by atoms with Crippen LogP contribution in [0.3, 0.4) is 0 Å². The average Bonchev–Trinajstić information content (AvgIpc) is 2.37. The minimum absolute atomic E-state index is 0.115. The number of nitro benzene ring substituents is 1. The van der Waals surface area contributed by atoms with Gasteiger partial charge in [-0.3, -0.25) is 15.1 Å². The summed E-state index contributed by atoms with van der Waals surface area (Å²) in [6.45, 7) is 0. The molecule has 0 bridgehead atoms. The van der Waals surface area contributed by atoms with Crippen LogP contribution < -0.4 is 0 Å². The monoisotopic (exact) mass is 280 g/mol. The van der Waals surface area contributed by atoms with Gasteiger partial charge in [-0.1, -0.05) is 23.7 Å². The lowest BCUT2D eigenvalue weighted by Gasteiger charge is -2.02. The molecule has 4 nitrogen and oxygen atoms in total. The molecule has 0 saturated carbocycles. The van der Waals surface area contributed by atoms with Crippen molar-refractivity contribution in [1.82, 2.24) is 4.98 Å². The van der Waals surface area contributed by atoms with Crippen LogP contribution >= 0.6 is 23.4 Å². The SMILES string of the molecule is O=[N+]([O-])c1ccccc1SCc1cc(Cl)ccn1. The van der Waals surface area contributed by atoms with Crippen molar-refractivity contribution in [3.8, 4) is 0 Å². The van der Waals surface area contributed by atoms with Crippen LogP contribution in [0, 0.1) is 10.1 Å². The van der Waals surface area contributed by atoms with Crippen LogP contribution in [0.5, 0.6) is 0 Å². The van der Waals surface area contributed by atoms with Gasteiger partial charge >= 0.3 is 0 Å². The maximum atomic E-state index is 10.8. The van der Waals surface area contributed by atoms with Gasteiger partial charge in [0.2, 0.25) is 0 Å². The predicted octanol–water partition coefficient (Wildman–Crippen LogP) is 3.94. The predicted molar refractivity (Wildman–Crippen MR) is 71.9 cm³/mol. The summed E-state index contributed by atoms with van der Waals surface area (Å²) in [6, 6.07) is 10.1. The van der Waals surface area contributed by atoms with E-state index in [0.29, 0.717) is 15.7 Å². The van der Waals surface area contributed by atoms with Gasteiger partial charge < -0.3 is 0 Å². The van der Waals surface area contributed by atoms with Gasteiger partial charge in [-0.2, -0.15) is 0 Å². The zero-order chi connectivity index (χ0) is 13.0. The molecular weight excluding hydrogens is 272 g/mol. The van der Waals surface area contributed by atoms with E-state index in [2.05, 4.69) is 4.98 Å². The summed E-state index contributed by atoms with van der Waals surface area (Å²) < 4.78 is 0. The number of hydrogen-bond donors (Lipinski definition) is 0. The molecule has 0 aliphatic rings. The molecule has 0 N–H and O–H groups in total. The molecule has 0 aliphatic carbocycles. The standard InChI is InChI=1S/C12H9ClN2O2S/c13-9-5-6-14-10(7-9)8-18-12-4-2-1-3-11(12)15(16)17/h1-7H,8H2. The number of para-hydroxylation sites is 1. The number of nitro groups is 1. The quantitative estimate of drug-likeness (QED) is 0.484. The Labute approximate surface area is 113 Å². The molecule has 0 radical (unpaired) electrons.